The van der Waals surface area contributed by atoms with Crippen LogP contribution in [0.1, 0.15) is 33.8 Å². The molecule has 0 radical (unpaired) electrons. The molecule has 0 atom stereocenters. The van der Waals surface area contributed by atoms with Crippen LogP contribution in [0.25, 0.3) is 27.8 Å². The Morgan fingerprint density at radius 3 is 2.29 bits per heavy atom. The highest BCUT2D eigenvalue weighted by molar-refractivity contribution is 5.89. The molecule has 5 aromatic rings. The number of rotatable bonds is 3. The SMILES string of the molecule is Cc1cc(C)c(-c2c(C)nn3c2nc(C)c2ccn(Cc4ccccn4)c23)c(C)c1.Cl. The number of hydrogen-bond donors (Lipinski definition) is 0. The predicted octanol–water partition coefficient (Wildman–Crippen LogP) is 5.76. The fourth-order valence-corrected chi connectivity index (χ4v) is 4.63. The van der Waals surface area contributed by atoms with E-state index in [4.69, 9.17) is 10.1 Å². The van der Waals surface area contributed by atoms with Gasteiger partial charge in [-0.05, 0) is 69.5 Å². The van der Waals surface area contributed by atoms with E-state index in [0.29, 0.717) is 6.54 Å². The standard InChI is InChI=1S/C25H25N5.ClH/c1-15-12-16(2)22(17(3)13-15)23-19(5)28-30-24(23)27-18(4)21-9-11-29(25(21)30)14-20-8-6-7-10-26-20;/h6-13H,14H2,1-5H3;1H. The van der Waals surface area contributed by atoms with E-state index in [-0.39, 0.29) is 12.4 Å². The molecule has 0 saturated heterocycles. The van der Waals surface area contributed by atoms with E-state index in [1.807, 2.05) is 22.8 Å². The lowest BCUT2D eigenvalue weighted by atomic mass is 9.94. The lowest BCUT2D eigenvalue weighted by Gasteiger charge is -2.12. The first-order valence-electron chi connectivity index (χ1n) is 10.3. The van der Waals surface area contributed by atoms with Crippen molar-refractivity contribution >= 4 is 29.1 Å². The minimum absolute atomic E-state index is 0. The summed E-state index contributed by atoms with van der Waals surface area (Å²) in [6.07, 6.45) is 3.94. The van der Waals surface area contributed by atoms with E-state index in [1.165, 1.54) is 22.3 Å². The zero-order valence-corrected chi connectivity index (χ0v) is 19.3. The Kier molecular flexibility index (Phi) is 5.31. The zero-order chi connectivity index (χ0) is 21.0. The molecule has 0 N–H and O–H groups in total. The topological polar surface area (TPSA) is 48.0 Å². The molecular formula is C25H26ClN5. The molecule has 0 aliphatic carbocycles. The third-order valence-corrected chi connectivity index (χ3v) is 5.82. The van der Waals surface area contributed by atoms with Gasteiger partial charge in [-0.2, -0.15) is 9.61 Å². The summed E-state index contributed by atoms with van der Waals surface area (Å²) in [7, 11) is 0. The van der Waals surface area contributed by atoms with Crippen molar-refractivity contribution in [2.45, 2.75) is 41.2 Å². The van der Waals surface area contributed by atoms with Crippen LogP contribution in [-0.4, -0.2) is 24.1 Å². The van der Waals surface area contributed by atoms with E-state index in [0.717, 1.165) is 39.3 Å². The Hall–Kier alpha value is -3.18. The molecule has 0 amide bonds. The first-order valence-corrected chi connectivity index (χ1v) is 10.3. The molecule has 4 aromatic heterocycles. The summed E-state index contributed by atoms with van der Waals surface area (Å²) >= 11 is 0. The summed E-state index contributed by atoms with van der Waals surface area (Å²) in [5.41, 5.74) is 11.2. The highest BCUT2D eigenvalue weighted by Crippen LogP contribution is 2.35. The van der Waals surface area contributed by atoms with Crippen molar-refractivity contribution in [1.29, 1.82) is 0 Å². The first-order chi connectivity index (χ1) is 14.4. The molecule has 0 bridgehead atoms. The van der Waals surface area contributed by atoms with E-state index < -0.39 is 0 Å². The largest absolute Gasteiger partial charge is 0.326 e. The molecule has 5 rings (SSSR count). The van der Waals surface area contributed by atoms with Crippen molar-refractivity contribution in [3.8, 4) is 11.1 Å². The molecule has 0 saturated carbocycles. The van der Waals surface area contributed by atoms with Crippen molar-refractivity contribution < 1.29 is 0 Å². The Morgan fingerprint density at radius 1 is 0.871 bits per heavy atom. The molecule has 0 aliphatic heterocycles. The fraction of sp³-hybridized carbons (Fsp3) is 0.240. The molecule has 0 unspecified atom stereocenters. The van der Waals surface area contributed by atoms with Crippen molar-refractivity contribution in [1.82, 2.24) is 24.1 Å². The average molecular weight is 432 g/mol. The summed E-state index contributed by atoms with van der Waals surface area (Å²) in [6.45, 7) is 11.3. The summed E-state index contributed by atoms with van der Waals surface area (Å²) in [5, 5.41) is 6.07. The van der Waals surface area contributed by atoms with Crippen LogP contribution in [-0.2, 0) is 6.54 Å². The second-order valence-electron chi connectivity index (χ2n) is 8.17. The van der Waals surface area contributed by atoms with Crippen LogP contribution < -0.4 is 0 Å². The molecule has 6 heteroatoms. The van der Waals surface area contributed by atoms with Crippen LogP contribution in [0.4, 0.5) is 0 Å². The summed E-state index contributed by atoms with van der Waals surface area (Å²) in [4.78, 5) is 9.50. The molecule has 0 spiro atoms. The van der Waals surface area contributed by atoms with Gasteiger partial charge in [0.15, 0.2) is 5.65 Å². The zero-order valence-electron chi connectivity index (χ0n) is 18.5. The Labute approximate surface area is 188 Å². The van der Waals surface area contributed by atoms with E-state index in [9.17, 15) is 0 Å². The summed E-state index contributed by atoms with van der Waals surface area (Å²) in [6, 6.07) is 12.6. The van der Waals surface area contributed by atoms with Crippen LogP contribution in [0.3, 0.4) is 0 Å². The van der Waals surface area contributed by atoms with Crippen LogP contribution in [0.2, 0.25) is 0 Å². The van der Waals surface area contributed by atoms with Gasteiger partial charge in [0.25, 0.3) is 0 Å². The monoisotopic (exact) mass is 431 g/mol. The maximum Gasteiger partial charge on any atom is 0.165 e. The highest BCUT2D eigenvalue weighted by atomic mass is 35.5. The van der Waals surface area contributed by atoms with Gasteiger partial charge in [0.05, 0.1) is 29.2 Å². The molecule has 0 fully saturated rings. The number of hydrogen-bond acceptors (Lipinski definition) is 3. The van der Waals surface area contributed by atoms with E-state index in [2.05, 4.69) is 74.6 Å². The highest BCUT2D eigenvalue weighted by Gasteiger charge is 2.21. The third kappa shape index (κ3) is 3.39. The number of pyridine rings is 1. The van der Waals surface area contributed by atoms with Crippen LogP contribution in [0.15, 0.2) is 48.8 Å². The maximum absolute atomic E-state index is 5.00. The summed E-state index contributed by atoms with van der Waals surface area (Å²) in [5.74, 6) is 0. The minimum Gasteiger partial charge on any atom is -0.326 e. The van der Waals surface area contributed by atoms with E-state index >= 15 is 0 Å². The fourth-order valence-electron chi connectivity index (χ4n) is 4.63. The number of aromatic nitrogens is 5. The van der Waals surface area contributed by atoms with Crippen LogP contribution in [0, 0.1) is 34.6 Å². The van der Waals surface area contributed by atoms with Crippen molar-refractivity contribution in [2.24, 2.45) is 0 Å². The Balaban J connectivity index is 0.00000231. The van der Waals surface area contributed by atoms with Gasteiger partial charge in [0, 0.05) is 17.8 Å². The van der Waals surface area contributed by atoms with Gasteiger partial charge in [0.1, 0.15) is 5.65 Å². The Bertz CT molecular complexity index is 1390. The lowest BCUT2D eigenvalue weighted by molar-refractivity contribution is 0.775. The number of nitrogens with zero attached hydrogens (tertiary/aromatic N) is 5. The molecule has 0 aliphatic rings. The van der Waals surface area contributed by atoms with Crippen LogP contribution in [0.5, 0.6) is 0 Å². The van der Waals surface area contributed by atoms with E-state index in [1.54, 1.807) is 0 Å². The quantitative estimate of drug-likeness (QED) is 0.365. The van der Waals surface area contributed by atoms with Gasteiger partial charge in [0.2, 0.25) is 0 Å². The van der Waals surface area contributed by atoms with Crippen molar-refractivity contribution in [2.75, 3.05) is 0 Å². The molecular weight excluding hydrogens is 406 g/mol. The van der Waals surface area contributed by atoms with Gasteiger partial charge >= 0.3 is 0 Å². The average Bonchev–Trinajstić information content (AvgIpc) is 3.24. The lowest BCUT2D eigenvalue weighted by Crippen LogP contribution is -2.05. The third-order valence-electron chi connectivity index (χ3n) is 5.82. The molecule has 4 heterocycles. The van der Waals surface area contributed by atoms with Crippen molar-refractivity contribution in [3.05, 3.63) is 82.6 Å². The first kappa shape index (κ1) is 21.1. The molecule has 1 aromatic carbocycles. The molecule has 31 heavy (non-hydrogen) atoms. The molecule has 158 valence electrons. The van der Waals surface area contributed by atoms with Gasteiger partial charge in [-0.15, -0.1) is 12.4 Å². The maximum atomic E-state index is 5.00. The smallest absolute Gasteiger partial charge is 0.165 e. The number of fused-ring (bicyclic) bond motifs is 3. The number of halogens is 1. The number of aryl methyl sites for hydroxylation is 5. The second kappa shape index (κ2) is 7.82. The minimum atomic E-state index is 0. The Morgan fingerprint density at radius 2 is 1.61 bits per heavy atom. The van der Waals surface area contributed by atoms with Gasteiger partial charge in [-0.25, -0.2) is 4.98 Å². The normalized spacial score (nSPS) is 11.3. The molecule has 5 nitrogen and oxygen atoms in total. The number of benzene rings is 1. The van der Waals surface area contributed by atoms with Gasteiger partial charge in [-0.3, -0.25) is 4.98 Å². The summed E-state index contributed by atoms with van der Waals surface area (Å²) < 4.78 is 4.22. The predicted molar refractivity (Wildman–Crippen MR) is 128 cm³/mol. The van der Waals surface area contributed by atoms with Gasteiger partial charge < -0.3 is 4.57 Å². The van der Waals surface area contributed by atoms with Gasteiger partial charge in [-0.1, -0.05) is 23.8 Å². The second-order valence-corrected chi connectivity index (χ2v) is 8.17. The van der Waals surface area contributed by atoms with Crippen molar-refractivity contribution in [3.63, 3.8) is 0 Å². The van der Waals surface area contributed by atoms with Crippen LogP contribution >= 0.6 is 12.4 Å².